The van der Waals surface area contributed by atoms with E-state index in [1.54, 1.807) is 18.4 Å². The largest absolute Gasteiger partial charge is 0.330 e. The molecule has 0 radical (unpaired) electrons. The molecule has 3 aromatic heterocycles. The number of hydrogen-bond donors (Lipinski definition) is 0. The van der Waals surface area contributed by atoms with Crippen LogP contribution in [0.5, 0.6) is 0 Å². The fourth-order valence-electron chi connectivity index (χ4n) is 1.93. The second-order valence-corrected chi connectivity index (χ2v) is 6.36. The third-order valence-electron chi connectivity index (χ3n) is 3.19. The Kier molecular flexibility index (Phi) is 3.64. The lowest BCUT2D eigenvalue weighted by Crippen LogP contribution is -2.37. The molecule has 0 N–H and O–H groups in total. The third-order valence-corrected chi connectivity index (χ3v) is 5.26. The Labute approximate surface area is 128 Å². The molecule has 0 saturated heterocycles. The Bertz CT molecular complexity index is 926. The van der Waals surface area contributed by atoms with Gasteiger partial charge >= 0.3 is 5.69 Å². The summed E-state index contributed by atoms with van der Waals surface area (Å²) in [6, 6.07) is 3.43. The first kappa shape index (κ1) is 14.0. The minimum atomic E-state index is -0.318. The van der Waals surface area contributed by atoms with Crippen molar-refractivity contribution in [2.45, 2.75) is 10.8 Å². The van der Waals surface area contributed by atoms with Crippen molar-refractivity contribution in [3.05, 3.63) is 50.4 Å². The molecule has 8 heteroatoms. The number of hydrogen-bond acceptors (Lipinski definition) is 6. The molecule has 0 fully saturated rings. The van der Waals surface area contributed by atoms with Gasteiger partial charge in [-0.1, -0.05) is 11.8 Å². The van der Waals surface area contributed by atoms with Crippen molar-refractivity contribution in [2.24, 2.45) is 14.1 Å². The molecule has 0 aliphatic rings. The molecule has 6 nitrogen and oxygen atoms in total. The second-order valence-electron chi connectivity index (χ2n) is 4.48. The summed E-state index contributed by atoms with van der Waals surface area (Å²) in [5.74, 6) is 0.506. The van der Waals surface area contributed by atoms with E-state index in [1.165, 1.54) is 35.8 Å². The van der Waals surface area contributed by atoms with Crippen LogP contribution in [0.3, 0.4) is 0 Å². The minimum absolute atomic E-state index is 0.294. The summed E-state index contributed by atoms with van der Waals surface area (Å²) in [5, 5.41) is 2.83. The van der Waals surface area contributed by atoms with Gasteiger partial charge in [-0.05, 0) is 11.4 Å². The molecule has 0 atom stereocenters. The summed E-state index contributed by atoms with van der Waals surface area (Å²) in [4.78, 5) is 32.1. The summed E-state index contributed by atoms with van der Waals surface area (Å²) < 4.78 is 3.61. The summed E-state index contributed by atoms with van der Waals surface area (Å²) in [6.07, 6.45) is 1.53. The van der Waals surface area contributed by atoms with E-state index >= 15 is 0 Å². The van der Waals surface area contributed by atoms with Crippen LogP contribution in [-0.4, -0.2) is 19.1 Å². The normalized spacial score (nSPS) is 11.1. The molecule has 0 amide bonds. The molecule has 0 bridgehead atoms. The Balaban J connectivity index is 1.94. The van der Waals surface area contributed by atoms with Crippen LogP contribution >= 0.6 is 23.1 Å². The van der Waals surface area contributed by atoms with Gasteiger partial charge in [0, 0.05) is 31.6 Å². The van der Waals surface area contributed by atoms with Crippen LogP contribution in [0.4, 0.5) is 0 Å². The SMILES string of the molecule is Cn1c(CSc2ncnc3ccsc23)cc(=O)n(C)c1=O. The summed E-state index contributed by atoms with van der Waals surface area (Å²) in [7, 11) is 3.14. The highest BCUT2D eigenvalue weighted by atomic mass is 32.2. The topological polar surface area (TPSA) is 69.8 Å². The molecule has 108 valence electrons. The van der Waals surface area contributed by atoms with Crippen molar-refractivity contribution >= 4 is 33.3 Å². The fourth-order valence-corrected chi connectivity index (χ4v) is 3.90. The highest BCUT2D eigenvalue weighted by Gasteiger charge is 2.09. The highest BCUT2D eigenvalue weighted by Crippen LogP contribution is 2.30. The van der Waals surface area contributed by atoms with Crippen molar-refractivity contribution in [2.75, 3.05) is 0 Å². The number of thioether (sulfide) groups is 1. The maximum atomic E-state index is 11.9. The summed E-state index contributed by atoms with van der Waals surface area (Å²) >= 11 is 3.08. The third kappa shape index (κ3) is 2.52. The lowest BCUT2D eigenvalue weighted by molar-refractivity contribution is 0.665. The summed E-state index contributed by atoms with van der Waals surface area (Å²) in [5.41, 5.74) is 0.978. The van der Waals surface area contributed by atoms with Crippen LogP contribution in [0.1, 0.15) is 5.69 Å². The van der Waals surface area contributed by atoms with Crippen molar-refractivity contribution in [1.82, 2.24) is 19.1 Å². The van der Waals surface area contributed by atoms with E-state index < -0.39 is 0 Å². The van der Waals surface area contributed by atoms with E-state index in [2.05, 4.69) is 9.97 Å². The van der Waals surface area contributed by atoms with E-state index in [-0.39, 0.29) is 11.2 Å². The first-order valence-electron chi connectivity index (χ1n) is 6.15. The quantitative estimate of drug-likeness (QED) is 0.539. The Hall–Kier alpha value is -1.93. The van der Waals surface area contributed by atoms with E-state index in [0.717, 1.165) is 19.8 Å². The van der Waals surface area contributed by atoms with E-state index in [0.29, 0.717) is 11.4 Å². The molecule has 0 unspecified atom stereocenters. The maximum absolute atomic E-state index is 11.9. The van der Waals surface area contributed by atoms with Crippen molar-refractivity contribution in [3.8, 4) is 0 Å². The van der Waals surface area contributed by atoms with Gasteiger partial charge in [0.2, 0.25) is 0 Å². The number of fused-ring (bicyclic) bond motifs is 1. The van der Waals surface area contributed by atoms with Gasteiger partial charge in [0.15, 0.2) is 0 Å². The first-order chi connectivity index (χ1) is 10.1. The van der Waals surface area contributed by atoms with E-state index in [4.69, 9.17) is 0 Å². The zero-order valence-corrected chi connectivity index (χ0v) is 13.1. The molecule has 3 rings (SSSR count). The molecule has 0 aliphatic carbocycles. The Morgan fingerprint density at radius 3 is 2.86 bits per heavy atom. The first-order valence-corrected chi connectivity index (χ1v) is 8.01. The van der Waals surface area contributed by atoms with Gasteiger partial charge in [-0.3, -0.25) is 13.9 Å². The van der Waals surface area contributed by atoms with Gasteiger partial charge in [0.1, 0.15) is 11.4 Å². The van der Waals surface area contributed by atoms with Gasteiger partial charge in [-0.25, -0.2) is 14.8 Å². The van der Waals surface area contributed by atoms with Gasteiger partial charge in [-0.2, -0.15) is 0 Å². The Morgan fingerprint density at radius 2 is 2.05 bits per heavy atom. The van der Waals surface area contributed by atoms with Crippen LogP contribution in [0.15, 0.2) is 38.5 Å². The second kappa shape index (κ2) is 5.45. The molecule has 0 saturated carbocycles. The van der Waals surface area contributed by atoms with Gasteiger partial charge in [0.25, 0.3) is 5.56 Å². The summed E-state index contributed by atoms with van der Waals surface area (Å²) in [6.45, 7) is 0. The number of nitrogens with zero attached hydrogens (tertiary/aromatic N) is 4. The minimum Gasteiger partial charge on any atom is -0.300 e. The number of rotatable bonds is 3. The van der Waals surface area contributed by atoms with Gasteiger partial charge in [0.05, 0.1) is 10.2 Å². The molecule has 0 aromatic carbocycles. The van der Waals surface area contributed by atoms with Crippen LogP contribution in [0.2, 0.25) is 0 Å². The fraction of sp³-hybridized carbons (Fsp3) is 0.231. The number of aromatic nitrogens is 4. The molecule has 3 heterocycles. The molecule has 0 aliphatic heterocycles. The van der Waals surface area contributed by atoms with Gasteiger partial charge in [-0.15, -0.1) is 11.3 Å². The lowest BCUT2D eigenvalue weighted by atomic mass is 10.4. The monoisotopic (exact) mass is 320 g/mol. The lowest BCUT2D eigenvalue weighted by Gasteiger charge is -2.08. The zero-order valence-electron chi connectivity index (χ0n) is 11.4. The average Bonchev–Trinajstić information content (AvgIpc) is 2.96. The smallest absolute Gasteiger partial charge is 0.300 e. The van der Waals surface area contributed by atoms with Crippen LogP contribution in [0, 0.1) is 0 Å². The predicted octanol–water partition coefficient (Wildman–Crippen LogP) is 1.38. The number of thiophene rings is 1. The van der Waals surface area contributed by atoms with Crippen LogP contribution < -0.4 is 11.2 Å². The van der Waals surface area contributed by atoms with Crippen molar-refractivity contribution in [1.29, 1.82) is 0 Å². The van der Waals surface area contributed by atoms with Crippen molar-refractivity contribution < 1.29 is 0 Å². The van der Waals surface area contributed by atoms with Gasteiger partial charge < -0.3 is 0 Å². The molecule has 21 heavy (non-hydrogen) atoms. The maximum Gasteiger partial charge on any atom is 0.330 e. The highest BCUT2D eigenvalue weighted by molar-refractivity contribution is 7.98. The Morgan fingerprint density at radius 1 is 1.24 bits per heavy atom. The van der Waals surface area contributed by atoms with E-state index in [9.17, 15) is 9.59 Å². The standard InChI is InChI=1S/C13H12N4O2S2/c1-16-8(5-10(18)17(2)13(16)19)6-21-12-11-9(3-4-20-11)14-7-15-12/h3-5,7H,6H2,1-2H3. The van der Waals surface area contributed by atoms with E-state index in [1.807, 2.05) is 11.4 Å². The molecule has 0 spiro atoms. The molecular formula is C13H12N4O2S2. The molecule has 3 aromatic rings. The average molecular weight is 320 g/mol. The predicted molar refractivity (Wildman–Crippen MR) is 83.9 cm³/mol. The zero-order chi connectivity index (χ0) is 15.0. The van der Waals surface area contributed by atoms with Crippen LogP contribution in [0.25, 0.3) is 10.2 Å². The van der Waals surface area contributed by atoms with Crippen LogP contribution in [-0.2, 0) is 19.8 Å². The molecular weight excluding hydrogens is 308 g/mol. The van der Waals surface area contributed by atoms with Crippen molar-refractivity contribution in [3.63, 3.8) is 0 Å².